The zero-order valence-electron chi connectivity index (χ0n) is 9.70. The van der Waals surface area contributed by atoms with E-state index in [1.54, 1.807) is 24.0 Å². The van der Waals surface area contributed by atoms with Crippen molar-refractivity contribution in [3.8, 4) is 5.75 Å². The van der Waals surface area contributed by atoms with Gasteiger partial charge < -0.3 is 15.0 Å². The minimum absolute atomic E-state index is 0.0660. The maximum absolute atomic E-state index is 13.2. The zero-order valence-corrected chi connectivity index (χ0v) is 9.70. The molecule has 1 aliphatic heterocycles. The monoisotopic (exact) mass is 238 g/mol. The van der Waals surface area contributed by atoms with Crippen LogP contribution in [0.2, 0.25) is 0 Å². The summed E-state index contributed by atoms with van der Waals surface area (Å²) < 4.78 is 18.6. The molecule has 1 N–H and O–H groups in total. The number of halogens is 1. The molecule has 0 aromatic heterocycles. The Balaban J connectivity index is 1.81. The molecule has 5 heteroatoms. The maximum atomic E-state index is 13.2. The van der Waals surface area contributed by atoms with Gasteiger partial charge in [0.15, 0.2) is 0 Å². The number of benzene rings is 1. The summed E-state index contributed by atoms with van der Waals surface area (Å²) in [6.07, 6.45) is 0. The van der Waals surface area contributed by atoms with Crippen LogP contribution in [0.15, 0.2) is 18.2 Å². The van der Waals surface area contributed by atoms with Gasteiger partial charge in [0.1, 0.15) is 18.2 Å². The first-order chi connectivity index (χ1) is 8.16. The summed E-state index contributed by atoms with van der Waals surface area (Å²) in [5.74, 6) is 0.217. The standard InChI is InChI=1S/C12H15FN2O2/c1-9-2-3-10(8-11(9)13)17-7-6-15-5-4-14-12(15)16/h2-3,8H,4-7H2,1H3,(H,14,16). The van der Waals surface area contributed by atoms with E-state index in [0.29, 0.717) is 37.6 Å². The fourth-order valence-corrected chi connectivity index (χ4v) is 1.66. The first-order valence-corrected chi connectivity index (χ1v) is 5.58. The smallest absolute Gasteiger partial charge is 0.317 e. The Bertz CT molecular complexity index is 423. The number of carbonyl (C=O) groups is 1. The molecular formula is C12H15FN2O2. The largest absolute Gasteiger partial charge is 0.492 e. The molecule has 1 aromatic carbocycles. The Morgan fingerprint density at radius 2 is 2.35 bits per heavy atom. The number of carbonyl (C=O) groups excluding carboxylic acids is 1. The summed E-state index contributed by atoms with van der Waals surface area (Å²) in [4.78, 5) is 12.9. The summed E-state index contributed by atoms with van der Waals surface area (Å²) >= 11 is 0. The van der Waals surface area contributed by atoms with Gasteiger partial charge in [0.05, 0.1) is 6.54 Å². The predicted molar refractivity (Wildman–Crippen MR) is 61.6 cm³/mol. The third kappa shape index (κ3) is 2.87. The molecule has 0 unspecified atom stereocenters. The van der Waals surface area contributed by atoms with Crippen LogP contribution < -0.4 is 10.1 Å². The van der Waals surface area contributed by atoms with E-state index in [-0.39, 0.29) is 11.8 Å². The molecule has 1 heterocycles. The second kappa shape index (κ2) is 5.03. The number of hydrogen-bond donors (Lipinski definition) is 1. The number of amides is 2. The molecule has 2 amide bonds. The normalized spacial score (nSPS) is 14.9. The molecule has 0 radical (unpaired) electrons. The van der Waals surface area contributed by atoms with E-state index < -0.39 is 0 Å². The molecule has 2 rings (SSSR count). The summed E-state index contributed by atoms with van der Waals surface area (Å²) in [5.41, 5.74) is 0.594. The van der Waals surface area contributed by atoms with Crippen LogP contribution in [0.5, 0.6) is 5.75 Å². The highest BCUT2D eigenvalue weighted by atomic mass is 19.1. The average molecular weight is 238 g/mol. The molecule has 1 aliphatic rings. The van der Waals surface area contributed by atoms with Crippen molar-refractivity contribution in [3.63, 3.8) is 0 Å². The molecule has 4 nitrogen and oxygen atoms in total. The van der Waals surface area contributed by atoms with Gasteiger partial charge in [0.25, 0.3) is 0 Å². The van der Waals surface area contributed by atoms with Crippen molar-refractivity contribution >= 4 is 6.03 Å². The third-order valence-corrected chi connectivity index (χ3v) is 2.72. The molecule has 1 fully saturated rings. The van der Waals surface area contributed by atoms with Crippen LogP contribution in [0, 0.1) is 12.7 Å². The van der Waals surface area contributed by atoms with Gasteiger partial charge in [0.2, 0.25) is 0 Å². The fourth-order valence-electron chi connectivity index (χ4n) is 1.66. The lowest BCUT2D eigenvalue weighted by atomic mass is 10.2. The number of ether oxygens (including phenoxy) is 1. The molecular weight excluding hydrogens is 223 g/mol. The Morgan fingerprint density at radius 3 is 3.00 bits per heavy atom. The number of hydrogen-bond acceptors (Lipinski definition) is 2. The number of nitrogens with zero attached hydrogens (tertiary/aromatic N) is 1. The molecule has 0 atom stereocenters. The summed E-state index contributed by atoms with van der Waals surface area (Å²) in [7, 11) is 0. The lowest BCUT2D eigenvalue weighted by Gasteiger charge is -2.14. The van der Waals surface area contributed by atoms with E-state index in [1.807, 2.05) is 0 Å². The van der Waals surface area contributed by atoms with Crippen LogP contribution >= 0.6 is 0 Å². The molecule has 0 saturated carbocycles. The van der Waals surface area contributed by atoms with Crippen LogP contribution in [0.3, 0.4) is 0 Å². The quantitative estimate of drug-likeness (QED) is 0.864. The lowest BCUT2D eigenvalue weighted by Crippen LogP contribution is -2.31. The second-order valence-corrected chi connectivity index (χ2v) is 3.98. The summed E-state index contributed by atoms with van der Waals surface area (Å²) in [6, 6.07) is 4.69. The first kappa shape index (κ1) is 11.7. The van der Waals surface area contributed by atoms with Gasteiger partial charge in [-0.1, -0.05) is 6.07 Å². The molecule has 0 aliphatic carbocycles. The van der Waals surface area contributed by atoms with E-state index >= 15 is 0 Å². The fraction of sp³-hybridized carbons (Fsp3) is 0.417. The molecule has 0 spiro atoms. The Labute approximate surface area is 99.4 Å². The highest BCUT2D eigenvalue weighted by Gasteiger charge is 2.18. The summed E-state index contributed by atoms with van der Waals surface area (Å²) in [5, 5.41) is 2.71. The van der Waals surface area contributed by atoms with Crippen LogP contribution in [0.25, 0.3) is 0 Å². The van der Waals surface area contributed by atoms with E-state index in [4.69, 9.17) is 4.74 Å². The number of urea groups is 1. The van der Waals surface area contributed by atoms with E-state index in [2.05, 4.69) is 5.32 Å². The van der Waals surface area contributed by atoms with Gasteiger partial charge in [-0.3, -0.25) is 0 Å². The number of rotatable bonds is 4. The van der Waals surface area contributed by atoms with E-state index in [9.17, 15) is 9.18 Å². The highest BCUT2D eigenvalue weighted by molar-refractivity contribution is 5.76. The predicted octanol–water partition coefficient (Wildman–Crippen LogP) is 1.54. The molecule has 1 saturated heterocycles. The zero-order chi connectivity index (χ0) is 12.3. The highest BCUT2D eigenvalue weighted by Crippen LogP contribution is 2.15. The Kier molecular flexibility index (Phi) is 3.46. The number of nitrogens with one attached hydrogen (secondary N) is 1. The van der Waals surface area contributed by atoms with Gasteiger partial charge in [0, 0.05) is 19.2 Å². The first-order valence-electron chi connectivity index (χ1n) is 5.58. The van der Waals surface area contributed by atoms with Crippen molar-refractivity contribution in [2.75, 3.05) is 26.2 Å². The van der Waals surface area contributed by atoms with Crippen molar-refractivity contribution in [1.29, 1.82) is 0 Å². The van der Waals surface area contributed by atoms with Gasteiger partial charge in [-0.25, -0.2) is 9.18 Å². The lowest BCUT2D eigenvalue weighted by molar-refractivity contribution is 0.202. The average Bonchev–Trinajstić information content (AvgIpc) is 2.70. The number of aryl methyl sites for hydroxylation is 1. The summed E-state index contributed by atoms with van der Waals surface area (Å²) in [6.45, 7) is 3.97. The van der Waals surface area contributed by atoms with Crippen molar-refractivity contribution in [1.82, 2.24) is 10.2 Å². The van der Waals surface area contributed by atoms with Crippen LogP contribution in [-0.4, -0.2) is 37.2 Å². The van der Waals surface area contributed by atoms with E-state index in [1.165, 1.54) is 6.07 Å². The van der Waals surface area contributed by atoms with Gasteiger partial charge in [-0.15, -0.1) is 0 Å². The molecule has 17 heavy (non-hydrogen) atoms. The Hall–Kier alpha value is -1.78. The SMILES string of the molecule is Cc1ccc(OCCN2CCNC2=O)cc1F. The second-order valence-electron chi connectivity index (χ2n) is 3.98. The van der Waals surface area contributed by atoms with E-state index in [0.717, 1.165) is 0 Å². The molecule has 1 aromatic rings. The topological polar surface area (TPSA) is 41.6 Å². The van der Waals surface area contributed by atoms with Crippen LogP contribution in [-0.2, 0) is 0 Å². The van der Waals surface area contributed by atoms with Crippen molar-refractivity contribution in [3.05, 3.63) is 29.6 Å². The minimum atomic E-state index is -0.276. The molecule has 0 bridgehead atoms. The maximum Gasteiger partial charge on any atom is 0.317 e. The Morgan fingerprint density at radius 1 is 1.53 bits per heavy atom. The van der Waals surface area contributed by atoms with Crippen LogP contribution in [0.1, 0.15) is 5.56 Å². The van der Waals surface area contributed by atoms with Crippen LogP contribution in [0.4, 0.5) is 9.18 Å². The minimum Gasteiger partial charge on any atom is -0.492 e. The van der Waals surface area contributed by atoms with Gasteiger partial charge >= 0.3 is 6.03 Å². The third-order valence-electron chi connectivity index (χ3n) is 2.72. The van der Waals surface area contributed by atoms with Crippen molar-refractivity contribution in [2.45, 2.75) is 6.92 Å². The van der Waals surface area contributed by atoms with Gasteiger partial charge in [-0.05, 0) is 18.6 Å². The van der Waals surface area contributed by atoms with Gasteiger partial charge in [-0.2, -0.15) is 0 Å². The van der Waals surface area contributed by atoms with Crippen molar-refractivity contribution < 1.29 is 13.9 Å². The van der Waals surface area contributed by atoms with Crippen molar-refractivity contribution in [2.24, 2.45) is 0 Å². The molecule has 92 valence electrons.